The van der Waals surface area contributed by atoms with Crippen molar-refractivity contribution in [2.75, 3.05) is 7.11 Å². The molecular formula is C27H21FN4O4S. The van der Waals surface area contributed by atoms with Crippen LogP contribution in [-0.4, -0.2) is 38.9 Å². The van der Waals surface area contributed by atoms with E-state index in [4.69, 9.17) is 15.6 Å². The molecule has 0 aliphatic heterocycles. The minimum atomic E-state index is -1.28. The lowest BCUT2D eigenvalue weighted by atomic mass is 9.81. The third-order valence-corrected chi connectivity index (χ3v) is 8.08. The highest BCUT2D eigenvalue weighted by atomic mass is 32.1. The van der Waals surface area contributed by atoms with E-state index in [1.165, 1.54) is 0 Å². The van der Waals surface area contributed by atoms with Crippen LogP contribution in [0, 0.1) is 5.82 Å². The van der Waals surface area contributed by atoms with Gasteiger partial charge in [0.1, 0.15) is 16.3 Å². The molecule has 10 heteroatoms. The highest BCUT2D eigenvalue weighted by Gasteiger charge is 2.32. The number of benzene rings is 2. The monoisotopic (exact) mass is 516 g/mol. The van der Waals surface area contributed by atoms with Crippen LogP contribution in [0.4, 0.5) is 4.39 Å². The number of nitrogens with two attached hydrogens (primary N) is 1. The van der Waals surface area contributed by atoms with Crippen LogP contribution in [0.2, 0.25) is 0 Å². The van der Waals surface area contributed by atoms with E-state index in [1.54, 1.807) is 30.1 Å². The molecule has 0 spiro atoms. The fourth-order valence-corrected chi connectivity index (χ4v) is 6.25. The normalized spacial score (nSPS) is 15.1. The number of thiophene rings is 1. The van der Waals surface area contributed by atoms with Crippen LogP contribution in [0.25, 0.3) is 26.7 Å². The maximum atomic E-state index is 15.2. The molecule has 0 bridgehead atoms. The van der Waals surface area contributed by atoms with Gasteiger partial charge in [-0.15, -0.1) is 11.3 Å². The minimum absolute atomic E-state index is 0.132. The maximum absolute atomic E-state index is 15.2. The number of aromatic carboxylic acids is 1. The Labute approximate surface area is 214 Å². The Hall–Kier alpha value is -4.31. The molecule has 0 fully saturated rings. The number of carboxylic acid groups (broad SMARTS) is 1. The van der Waals surface area contributed by atoms with E-state index in [9.17, 15) is 14.7 Å². The van der Waals surface area contributed by atoms with Gasteiger partial charge in [0, 0.05) is 27.2 Å². The topological polar surface area (TPSA) is 120 Å². The third-order valence-electron chi connectivity index (χ3n) is 6.96. The van der Waals surface area contributed by atoms with E-state index in [0.29, 0.717) is 46.3 Å². The number of nitrogens with zero attached hydrogens (tertiary/aromatic N) is 3. The molecule has 37 heavy (non-hydrogen) atoms. The van der Waals surface area contributed by atoms with Crippen LogP contribution < -0.4 is 10.5 Å². The molecule has 0 radical (unpaired) electrons. The van der Waals surface area contributed by atoms with Crippen molar-refractivity contribution in [3.05, 3.63) is 81.9 Å². The molecule has 5 aromatic rings. The Balaban J connectivity index is 1.49. The summed E-state index contributed by atoms with van der Waals surface area (Å²) in [4.78, 5) is 28.4. The van der Waals surface area contributed by atoms with E-state index in [1.807, 2.05) is 30.3 Å². The van der Waals surface area contributed by atoms with Crippen molar-refractivity contribution in [1.29, 1.82) is 0 Å². The standard InChI is InChI=1S/C27H21FN4O4S/c1-36-14-6-8-18-16(12-14)20(9-10-30-18)32-24(26(29)33)17-11-13(5-7-19(17)31-32)15-3-2-4-21-22(15)23(28)25(37-21)27(34)35/h2-4,6,8-10,12-13H,5,7,11H2,1H3,(H2,29,33)(H,34,35). The van der Waals surface area contributed by atoms with Crippen molar-refractivity contribution in [3.63, 3.8) is 0 Å². The van der Waals surface area contributed by atoms with E-state index >= 15 is 4.39 Å². The highest BCUT2D eigenvalue weighted by molar-refractivity contribution is 7.20. The molecule has 186 valence electrons. The first-order valence-electron chi connectivity index (χ1n) is 11.6. The van der Waals surface area contributed by atoms with Gasteiger partial charge >= 0.3 is 5.97 Å². The number of primary amides is 1. The Morgan fingerprint density at radius 1 is 1.24 bits per heavy atom. The van der Waals surface area contributed by atoms with E-state index in [0.717, 1.165) is 33.5 Å². The molecule has 1 aliphatic rings. The lowest BCUT2D eigenvalue weighted by Gasteiger charge is -2.23. The third kappa shape index (κ3) is 3.63. The number of rotatable bonds is 5. The van der Waals surface area contributed by atoms with Gasteiger partial charge in [-0.3, -0.25) is 9.78 Å². The second-order valence-corrected chi connectivity index (χ2v) is 10.0. The summed E-state index contributed by atoms with van der Waals surface area (Å²) in [5.41, 5.74) is 9.76. The number of carbonyl (C=O) groups is 2. The number of fused-ring (bicyclic) bond motifs is 3. The zero-order chi connectivity index (χ0) is 25.8. The van der Waals surface area contributed by atoms with Gasteiger partial charge in [0.05, 0.1) is 24.0 Å². The molecule has 8 nitrogen and oxygen atoms in total. The molecule has 3 aromatic heterocycles. The number of amides is 1. The Kier molecular flexibility index (Phi) is 5.41. The Bertz CT molecular complexity index is 1740. The van der Waals surface area contributed by atoms with Crippen LogP contribution >= 0.6 is 11.3 Å². The number of ether oxygens (including phenoxy) is 1. The van der Waals surface area contributed by atoms with Gasteiger partial charge in [-0.25, -0.2) is 13.9 Å². The molecule has 0 saturated heterocycles. The number of hydrogen-bond acceptors (Lipinski definition) is 6. The van der Waals surface area contributed by atoms with Gasteiger partial charge in [-0.1, -0.05) is 12.1 Å². The molecule has 1 amide bonds. The fraction of sp³-hybridized carbons (Fsp3) is 0.185. The van der Waals surface area contributed by atoms with Gasteiger partial charge in [0.2, 0.25) is 0 Å². The molecule has 1 aliphatic carbocycles. The van der Waals surface area contributed by atoms with Crippen molar-refractivity contribution < 1.29 is 23.8 Å². The van der Waals surface area contributed by atoms with E-state index < -0.39 is 17.7 Å². The van der Waals surface area contributed by atoms with Crippen LogP contribution in [0.15, 0.2) is 48.7 Å². The largest absolute Gasteiger partial charge is 0.497 e. The maximum Gasteiger partial charge on any atom is 0.348 e. The summed E-state index contributed by atoms with van der Waals surface area (Å²) >= 11 is 0.928. The van der Waals surface area contributed by atoms with Crippen molar-refractivity contribution in [3.8, 4) is 11.4 Å². The summed E-state index contributed by atoms with van der Waals surface area (Å²) in [7, 11) is 1.58. The lowest BCUT2D eigenvalue weighted by Crippen LogP contribution is -2.20. The fourth-order valence-electron chi connectivity index (χ4n) is 5.30. The van der Waals surface area contributed by atoms with E-state index in [2.05, 4.69) is 4.98 Å². The molecule has 6 rings (SSSR count). The van der Waals surface area contributed by atoms with Gasteiger partial charge in [-0.2, -0.15) is 5.10 Å². The molecule has 3 N–H and O–H groups in total. The molecular weight excluding hydrogens is 495 g/mol. The highest BCUT2D eigenvalue weighted by Crippen LogP contribution is 2.41. The first-order chi connectivity index (χ1) is 17.9. The van der Waals surface area contributed by atoms with Gasteiger partial charge in [0.15, 0.2) is 5.82 Å². The summed E-state index contributed by atoms with van der Waals surface area (Å²) < 4.78 is 22.7. The molecule has 2 aromatic carbocycles. The Morgan fingerprint density at radius 2 is 2.08 bits per heavy atom. The Morgan fingerprint density at radius 3 is 2.84 bits per heavy atom. The number of hydrogen-bond donors (Lipinski definition) is 2. The van der Waals surface area contributed by atoms with Gasteiger partial charge in [-0.05, 0) is 61.1 Å². The van der Waals surface area contributed by atoms with Crippen LogP contribution in [0.1, 0.15) is 49.3 Å². The number of methoxy groups -OCH3 is 1. The van der Waals surface area contributed by atoms with Crippen LogP contribution in [-0.2, 0) is 12.8 Å². The summed E-state index contributed by atoms with van der Waals surface area (Å²) in [6.45, 7) is 0. The summed E-state index contributed by atoms with van der Waals surface area (Å²) in [5.74, 6) is -2.10. The second-order valence-electron chi connectivity index (χ2n) is 8.97. The first kappa shape index (κ1) is 23.1. The summed E-state index contributed by atoms with van der Waals surface area (Å²) in [5, 5.41) is 15.3. The predicted octanol–water partition coefficient (Wildman–Crippen LogP) is 4.85. The zero-order valence-corrected chi connectivity index (χ0v) is 20.5. The number of aryl methyl sites for hydroxylation is 1. The predicted molar refractivity (Wildman–Crippen MR) is 137 cm³/mol. The molecule has 1 unspecified atom stereocenters. The average molecular weight is 517 g/mol. The average Bonchev–Trinajstić information content (AvgIpc) is 3.45. The smallest absolute Gasteiger partial charge is 0.348 e. The number of halogens is 1. The molecule has 0 saturated carbocycles. The SMILES string of the molecule is COc1ccc2nccc(-n3nc4c(c3C(N)=O)CC(c3cccc5sc(C(=O)O)c(F)c35)CC4)c2c1. The number of carboxylic acids is 1. The number of carbonyl (C=O) groups excluding carboxylic acids is 1. The minimum Gasteiger partial charge on any atom is -0.497 e. The van der Waals surface area contributed by atoms with Crippen molar-refractivity contribution in [2.45, 2.75) is 25.2 Å². The van der Waals surface area contributed by atoms with E-state index in [-0.39, 0.29) is 16.5 Å². The summed E-state index contributed by atoms with van der Waals surface area (Å²) in [6.07, 6.45) is 3.31. The van der Waals surface area contributed by atoms with Gasteiger partial charge < -0.3 is 15.6 Å². The lowest BCUT2D eigenvalue weighted by molar-refractivity contribution is 0.0697. The van der Waals surface area contributed by atoms with Crippen LogP contribution in [0.3, 0.4) is 0 Å². The number of pyridine rings is 1. The van der Waals surface area contributed by atoms with Crippen molar-refractivity contribution in [1.82, 2.24) is 14.8 Å². The number of aromatic nitrogens is 3. The second kappa shape index (κ2) is 8.67. The molecule has 3 heterocycles. The zero-order valence-electron chi connectivity index (χ0n) is 19.7. The van der Waals surface area contributed by atoms with Crippen molar-refractivity contribution >= 4 is 44.2 Å². The summed E-state index contributed by atoms with van der Waals surface area (Å²) in [6, 6.07) is 12.6. The molecule has 1 atom stereocenters. The van der Waals surface area contributed by atoms with Crippen LogP contribution in [0.5, 0.6) is 5.75 Å². The van der Waals surface area contributed by atoms with Gasteiger partial charge in [0.25, 0.3) is 5.91 Å². The quantitative estimate of drug-likeness (QED) is 0.345. The van der Waals surface area contributed by atoms with Crippen molar-refractivity contribution in [2.24, 2.45) is 5.73 Å². The first-order valence-corrected chi connectivity index (χ1v) is 12.5.